The van der Waals surface area contributed by atoms with Crippen LogP contribution in [-0.2, 0) is 6.54 Å². The van der Waals surface area contributed by atoms with Crippen LogP contribution in [0.1, 0.15) is 19.3 Å². The highest BCUT2D eigenvalue weighted by molar-refractivity contribution is 5.79. The largest absolute Gasteiger partial charge is 0.356 e. The van der Waals surface area contributed by atoms with Crippen LogP contribution in [0, 0.1) is 5.92 Å². The minimum Gasteiger partial charge on any atom is -0.356 e. The van der Waals surface area contributed by atoms with Gasteiger partial charge in [-0.1, -0.05) is 18.6 Å². The molecule has 0 amide bonds. The molecule has 0 unspecified atom stereocenters. The fourth-order valence-electron chi connectivity index (χ4n) is 2.64. The van der Waals surface area contributed by atoms with Gasteiger partial charge in [0.2, 0.25) is 0 Å². The molecule has 112 valence electrons. The number of hydrogen-bond acceptors (Lipinski definition) is 2. The SMILES string of the molecule is CN=C(NCCn1cnc2ccccc21)NCC1CCC1. The Hall–Kier alpha value is -2.04. The van der Waals surface area contributed by atoms with Crippen LogP contribution < -0.4 is 10.6 Å². The highest BCUT2D eigenvalue weighted by Gasteiger charge is 2.17. The van der Waals surface area contributed by atoms with Gasteiger partial charge in [-0.15, -0.1) is 0 Å². The number of hydrogen-bond donors (Lipinski definition) is 2. The zero-order chi connectivity index (χ0) is 14.5. The Morgan fingerprint density at radius 3 is 2.95 bits per heavy atom. The van der Waals surface area contributed by atoms with E-state index in [0.717, 1.165) is 37.0 Å². The second-order valence-electron chi connectivity index (χ2n) is 5.60. The second kappa shape index (κ2) is 6.61. The van der Waals surface area contributed by atoms with Crippen molar-refractivity contribution in [1.29, 1.82) is 0 Å². The molecule has 1 saturated carbocycles. The number of nitrogens with one attached hydrogen (secondary N) is 2. The normalized spacial score (nSPS) is 16.0. The highest BCUT2D eigenvalue weighted by atomic mass is 15.2. The van der Waals surface area contributed by atoms with Crippen LogP contribution >= 0.6 is 0 Å². The average Bonchev–Trinajstić information content (AvgIpc) is 2.87. The predicted octanol–water partition coefficient (Wildman–Crippen LogP) is 2.00. The van der Waals surface area contributed by atoms with Crippen LogP contribution in [0.2, 0.25) is 0 Å². The summed E-state index contributed by atoms with van der Waals surface area (Å²) in [4.78, 5) is 8.67. The summed E-state index contributed by atoms with van der Waals surface area (Å²) in [5, 5.41) is 6.77. The summed E-state index contributed by atoms with van der Waals surface area (Å²) in [6.07, 6.45) is 5.99. The Labute approximate surface area is 125 Å². The van der Waals surface area contributed by atoms with Crippen molar-refractivity contribution in [2.24, 2.45) is 10.9 Å². The lowest BCUT2D eigenvalue weighted by molar-refractivity contribution is 0.314. The molecule has 3 rings (SSSR count). The maximum absolute atomic E-state index is 4.40. The van der Waals surface area contributed by atoms with Gasteiger partial charge in [0.1, 0.15) is 0 Å². The average molecular weight is 285 g/mol. The number of para-hydroxylation sites is 2. The fraction of sp³-hybridized carbons (Fsp3) is 0.500. The third-order valence-electron chi connectivity index (χ3n) is 4.18. The molecule has 0 saturated heterocycles. The maximum Gasteiger partial charge on any atom is 0.191 e. The van der Waals surface area contributed by atoms with Gasteiger partial charge in [-0.2, -0.15) is 0 Å². The summed E-state index contributed by atoms with van der Waals surface area (Å²) in [7, 11) is 1.82. The molecule has 1 aliphatic rings. The summed E-state index contributed by atoms with van der Waals surface area (Å²) >= 11 is 0. The van der Waals surface area contributed by atoms with E-state index in [4.69, 9.17) is 0 Å². The number of rotatable bonds is 5. The molecule has 1 aromatic carbocycles. The van der Waals surface area contributed by atoms with Crippen LogP contribution in [-0.4, -0.2) is 35.6 Å². The first kappa shape index (κ1) is 13.9. The van der Waals surface area contributed by atoms with E-state index in [1.165, 1.54) is 24.8 Å². The summed E-state index contributed by atoms with van der Waals surface area (Å²) in [5.74, 6) is 1.73. The second-order valence-corrected chi connectivity index (χ2v) is 5.60. The Morgan fingerprint density at radius 2 is 2.19 bits per heavy atom. The van der Waals surface area contributed by atoms with Crippen LogP contribution in [0.15, 0.2) is 35.6 Å². The van der Waals surface area contributed by atoms with E-state index in [9.17, 15) is 0 Å². The standard InChI is InChI=1S/C16H23N5/c1-17-16(19-11-13-5-4-6-13)18-9-10-21-12-20-14-7-2-3-8-15(14)21/h2-3,7-8,12-13H,4-6,9-11H2,1H3,(H2,17,18,19). The number of aliphatic imine (C=N–C) groups is 1. The Kier molecular flexibility index (Phi) is 4.38. The number of aromatic nitrogens is 2. The molecular weight excluding hydrogens is 262 g/mol. The van der Waals surface area contributed by atoms with Crippen molar-refractivity contribution in [1.82, 2.24) is 20.2 Å². The lowest BCUT2D eigenvalue weighted by atomic mass is 9.85. The fourth-order valence-corrected chi connectivity index (χ4v) is 2.64. The number of benzene rings is 1. The van der Waals surface area contributed by atoms with E-state index < -0.39 is 0 Å². The van der Waals surface area contributed by atoms with Crippen molar-refractivity contribution >= 4 is 17.0 Å². The Morgan fingerprint density at radius 1 is 1.33 bits per heavy atom. The molecule has 0 radical (unpaired) electrons. The van der Waals surface area contributed by atoms with Gasteiger partial charge in [0, 0.05) is 26.7 Å². The van der Waals surface area contributed by atoms with Gasteiger partial charge in [-0.3, -0.25) is 4.99 Å². The van der Waals surface area contributed by atoms with Gasteiger partial charge in [0.25, 0.3) is 0 Å². The van der Waals surface area contributed by atoms with Crippen molar-refractivity contribution in [3.8, 4) is 0 Å². The van der Waals surface area contributed by atoms with Crippen molar-refractivity contribution in [2.45, 2.75) is 25.8 Å². The van der Waals surface area contributed by atoms with E-state index in [2.05, 4.69) is 31.2 Å². The van der Waals surface area contributed by atoms with E-state index in [1.54, 1.807) is 0 Å². The lowest BCUT2D eigenvalue weighted by Gasteiger charge is -2.26. The predicted molar refractivity (Wildman–Crippen MR) is 86.4 cm³/mol. The zero-order valence-corrected chi connectivity index (χ0v) is 12.5. The number of imidazole rings is 1. The Balaban J connectivity index is 1.48. The van der Waals surface area contributed by atoms with Crippen molar-refractivity contribution in [3.63, 3.8) is 0 Å². The molecule has 1 heterocycles. The molecule has 1 fully saturated rings. The molecule has 1 aliphatic carbocycles. The summed E-state index contributed by atoms with van der Waals surface area (Å²) < 4.78 is 2.17. The molecule has 2 N–H and O–H groups in total. The van der Waals surface area contributed by atoms with Crippen LogP contribution in [0.4, 0.5) is 0 Å². The molecule has 0 spiro atoms. The van der Waals surface area contributed by atoms with E-state index in [1.807, 2.05) is 31.6 Å². The van der Waals surface area contributed by atoms with Crippen molar-refractivity contribution in [3.05, 3.63) is 30.6 Å². The van der Waals surface area contributed by atoms with E-state index in [-0.39, 0.29) is 0 Å². The first-order valence-corrected chi connectivity index (χ1v) is 7.71. The van der Waals surface area contributed by atoms with Gasteiger partial charge in [-0.25, -0.2) is 4.98 Å². The third-order valence-corrected chi connectivity index (χ3v) is 4.18. The lowest BCUT2D eigenvalue weighted by Crippen LogP contribution is -2.42. The quantitative estimate of drug-likeness (QED) is 0.652. The first-order chi connectivity index (χ1) is 10.4. The maximum atomic E-state index is 4.40. The van der Waals surface area contributed by atoms with Crippen molar-refractivity contribution < 1.29 is 0 Å². The van der Waals surface area contributed by atoms with E-state index >= 15 is 0 Å². The molecule has 0 aliphatic heterocycles. The minimum absolute atomic E-state index is 0.834. The van der Waals surface area contributed by atoms with Crippen molar-refractivity contribution in [2.75, 3.05) is 20.1 Å². The molecule has 21 heavy (non-hydrogen) atoms. The molecule has 0 atom stereocenters. The molecule has 0 bridgehead atoms. The number of fused-ring (bicyclic) bond motifs is 1. The summed E-state index contributed by atoms with van der Waals surface area (Å²) in [6.45, 7) is 2.75. The number of nitrogens with zero attached hydrogens (tertiary/aromatic N) is 3. The van der Waals surface area contributed by atoms with Gasteiger partial charge < -0.3 is 15.2 Å². The van der Waals surface area contributed by atoms with Gasteiger partial charge in [-0.05, 0) is 30.9 Å². The van der Waals surface area contributed by atoms with Gasteiger partial charge in [0.15, 0.2) is 5.96 Å². The van der Waals surface area contributed by atoms with Gasteiger partial charge >= 0.3 is 0 Å². The molecule has 5 heteroatoms. The summed E-state index contributed by atoms with van der Waals surface area (Å²) in [6, 6.07) is 8.21. The van der Waals surface area contributed by atoms with Gasteiger partial charge in [0.05, 0.1) is 17.4 Å². The Bertz CT molecular complexity index is 612. The zero-order valence-electron chi connectivity index (χ0n) is 12.5. The monoisotopic (exact) mass is 285 g/mol. The molecule has 2 aromatic rings. The van der Waals surface area contributed by atoms with Crippen LogP contribution in [0.3, 0.4) is 0 Å². The third kappa shape index (κ3) is 3.35. The topological polar surface area (TPSA) is 54.2 Å². The first-order valence-electron chi connectivity index (χ1n) is 7.71. The molecule has 5 nitrogen and oxygen atoms in total. The minimum atomic E-state index is 0.834. The number of guanidine groups is 1. The van der Waals surface area contributed by atoms with E-state index in [0.29, 0.717) is 0 Å². The molecular formula is C16H23N5. The van der Waals surface area contributed by atoms with Crippen LogP contribution in [0.5, 0.6) is 0 Å². The summed E-state index contributed by atoms with van der Waals surface area (Å²) in [5.41, 5.74) is 2.22. The molecule has 1 aromatic heterocycles. The highest BCUT2D eigenvalue weighted by Crippen LogP contribution is 2.24. The smallest absolute Gasteiger partial charge is 0.191 e. The van der Waals surface area contributed by atoms with Crippen LogP contribution in [0.25, 0.3) is 11.0 Å².